The van der Waals surface area contributed by atoms with Gasteiger partial charge in [-0.05, 0) is 35.1 Å². The largest absolute Gasteiger partial charge is 0.352 e. The molecule has 0 saturated heterocycles. The van der Waals surface area contributed by atoms with Gasteiger partial charge < -0.3 is 9.88 Å². The Bertz CT molecular complexity index is 907. The summed E-state index contributed by atoms with van der Waals surface area (Å²) in [6.45, 7) is 1.23. The molecule has 0 aliphatic heterocycles. The van der Waals surface area contributed by atoms with Crippen LogP contribution in [0, 0.1) is 11.7 Å². The zero-order chi connectivity index (χ0) is 17.9. The Morgan fingerprint density at radius 3 is 2.85 bits per heavy atom. The first-order valence-corrected chi connectivity index (χ1v) is 8.76. The minimum absolute atomic E-state index is 0.00161. The van der Waals surface area contributed by atoms with Gasteiger partial charge >= 0.3 is 0 Å². The predicted molar refractivity (Wildman–Crippen MR) is 96.9 cm³/mol. The fourth-order valence-corrected chi connectivity index (χ4v) is 3.35. The van der Waals surface area contributed by atoms with Crippen molar-refractivity contribution in [3.8, 4) is 0 Å². The fourth-order valence-electron chi connectivity index (χ4n) is 3.35. The molecule has 1 N–H and O–H groups in total. The summed E-state index contributed by atoms with van der Waals surface area (Å²) in [6, 6.07) is 14.8. The molecule has 2 unspecified atom stereocenters. The first-order chi connectivity index (χ1) is 12.7. The summed E-state index contributed by atoms with van der Waals surface area (Å²) in [4.78, 5) is 16.4. The normalized spacial score (nSPS) is 18.5. The maximum absolute atomic E-state index is 13.8. The van der Waals surface area contributed by atoms with E-state index >= 15 is 0 Å². The van der Waals surface area contributed by atoms with Crippen molar-refractivity contribution in [2.75, 3.05) is 0 Å². The predicted octanol–water partition coefficient (Wildman–Crippen LogP) is 3.49. The molecular formula is C21H20FN3O. The second kappa shape index (κ2) is 7.12. The fraction of sp³-hybridized carbons (Fsp3) is 0.238. The number of nitrogens with one attached hydrogen (secondary N) is 1. The zero-order valence-corrected chi connectivity index (χ0v) is 14.3. The van der Waals surface area contributed by atoms with Crippen molar-refractivity contribution in [2.45, 2.75) is 25.4 Å². The van der Waals surface area contributed by atoms with E-state index in [1.807, 2.05) is 29.0 Å². The van der Waals surface area contributed by atoms with Gasteiger partial charge in [-0.25, -0.2) is 9.37 Å². The monoisotopic (exact) mass is 349 g/mol. The number of carbonyl (C=O) groups is 1. The van der Waals surface area contributed by atoms with Crippen molar-refractivity contribution in [3.05, 3.63) is 89.8 Å². The highest BCUT2D eigenvalue weighted by molar-refractivity contribution is 5.82. The smallest absolute Gasteiger partial charge is 0.224 e. The molecule has 1 saturated carbocycles. The van der Waals surface area contributed by atoms with Crippen LogP contribution < -0.4 is 5.32 Å². The lowest BCUT2D eigenvalue weighted by molar-refractivity contribution is -0.122. The maximum atomic E-state index is 13.8. The van der Waals surface area contributed by atoms with Crippen LogP contribution in [0.25, 0.3) is 0 Å². The number of aromatic nitrogens is 2. The molecule has 1 aliphatic rings. The molecular weight excluding hydrogens is 329 g/mol. The van der Waals surface area contributed by atoms with Gasteiger partial charge in [0.1, 0.15) is 5.82 Å². The van der Waals surface area contributed by atoms with Crippen LogP contribution >= 0.6 is 0 Å². The summed E-state index contributed by atoms with van der Waals surface area (Å²) in [6.07, 6.45) is 6.17. The lowest BCUT2D eigenvalue weighted by Gasteiger charge is -2.08. The zero-order valence-electron chi connectivity index (χ0n) is 14.3. The first kappa shape index (κ1) is 16.5. The second-order valence-electron chi connectivity index (χ2n) is 6.74. The molecule has 1 heterocycles. The summed E-state index contributed by atoms with van der Waals surface area (Å²) in [7, 11) is 0. The van der Waals surface area contributed by atoms with E-state index in [1.54, 1.807) is 24.7 Å². The van der Waals surface area contributed by atoms with Crippen molar-refractivity contribution in [2.24, 2.45) is 5.92 Å². The topological polar surface area (TPSA) is 46.9 Å². The van der Waals surface area contributed by atoms with Gasteiger partial charge in [-0.2, -0.15) is 0 Å². The van der Waals surface area contributed by atoms with E-state index in [4.69, 9.17) is 0 Å². The van der Waals surface area contributed by atoms with Gasteiger partial charge in [-0.15, -0.1) is 0 Å². The van der Waals surface area contributed by atoms with Gasteiger partial charge in [0.05, 0.1) is 6.33 Å². The van der Waals surface area contributed by atoms with E-state index in [1.165, 1.54) is 6.07 Å². The molecule has 5 heteroatoms. The SMILES string of the molecule is O=C(NCc1cccc(Cn2ccnc2)c1)C1CC1c1ccccc1F. The summed E-state index contributed by atoms with van der Waals surface area (Å²) >= 11 is 0. The molecule has 1 aromatic heterocycles. The highest BCUT2D eigenvalue weighted by Gasteiger charge is 2.44. The van der Waals surface area contributed by atoms with Crippen LogP contribution in [0.1, 0.15) is 29.0 Å². The average Bonchev–Trinajstić information content (AvgIpc) is 3.28. The summed E-state index contributed by atoms with van der Waals surface area (Å²) in [5.41, 5.74) is 2.86. The van der Waals surface area contributed by atoms with Crippen molar-refractivity contribution >= 4 is 5.91 Å². The van der Waals surface area contributed by atoms with Gasteiger partial charge in [0, 0.05) is 31.4 Å². The molecule has 0 radical (unpaired) electrons. The highest BCUT2D eigenvalue weighted by Crippen LogP contribution is 2.48. The third-order valence-corrected chi connectivity index (χ3v) is 4.81. The number of carbonyl (C=O) groups excluding carboxylic acids is 1. The first-order valence-electron chi connectivity index (χ1n) is 8.76. The summed E-state index contributed by atoms with van der Waals surface area (Å²) in [5.74, 6) is -0.344. The number of hydrogen-bond acceptors (Lipinski definition) is 2. The van der Waals surface area contributed by atoms with Crippen LogP contribution in [0.4, 0.5) is 4.39 Å². The standard InChI is InChI=1S/C21H20FN3O/c22-20-7-2-1-6-17(20)18-11-19(18)21(26)24-12-15-4-3-5-16(10-15)13-25-9-8-23-14-25/h1-10,14,18-19H,11-13H2,(H,24,26). The number of amides is 1. The minimum Gasteiger partial charge on any atom is -0.352 e. The molecule has 1 aliphatic carbocycles. The number of rotatable bonds is 6. The third-order valence-electron chi connectivity index (χ3n) is 4.81. The Kier molecular flexibility index (Phi) is 4.52. The molecule has 0 bridgehead atoms. The lowest BCUT2D eigenvalue weighted by Crippen LogP contribution is -2.25. The van der Waals surface area contributed by atoms with E-state index in [-0.39, 0.29) is 23.6 Å². The van der Waals surface area contributed by atoms with Gasteiger partial charge in [0.25, 0.3) is 0 Å². The van der Waals surface area contributed by atoms with E-state index in [0.717, 1.165) is 17.7 Å². The highest BCUT2D eigenvalue weighted by atomic mass is 19.1. The van der Waals surface area contributed by atoms with Crippen LogP contribution in [-0.2, 0) is 17.9 Å². The molecule has 26 heavy (non-hydrogen) atoms. The lowest BCUT2D eigenvalue weighted by atomic mass is 10.1. The Hall–Kier alpha value is -2.95. The number of hydrogen-bond donors (Lipinski definition) is 1. The Labute approximate surface area is 151 Å². The van der Waals surface area contributed by atoms with Gasteiger partial charge in [-0.1, -0.05) is 42.5 Å². The molecule has 2 atom stereocenters. The number of halogens is 1. The van der Waals surface area contributed by atoms with Crippen LogP contribution in [0.3, 0.4) is 0 Å². The van der Waals surface area contributed by atoms with Crippen molar-refractivity contribution in [1.29, 1.82) is 0 Å². The Morgan fingerprint density at radius 2 is 2.04 bits per heavy atom. The van der Waals surface area contributed by atoms with E-state index in [9.17, 15) is 9.18 Å². The number of nitrogens with zero attached hydrogens (tertiary/aromatic N) is 2. The maximum Gasteiger partial charge on any atom is 0.224 e. The third kappa shape index (κ3) is 3.67. The van der Waals surface area contributed by atoms with Crippen molar-refractivity contribution in [1.82, 2.24) is 14.9 Å². The van der Waals surface area contributed by atoms with E-state index < -0.39 is 0 Å². The molecule has 1 amide bonds. The Morgan fingerprint density at radius 1 is 1.19 bits per heavy atom. The molecule has 132 valence electrons. The van der Waals surface area contributed by atoms with E-state index in [2.05, 4.69) is 22.4 Å². The number of benzene rings is 2. The van der Waals surface area contributed by atoms with Gasteiger partial charge in [0.15, 0.2) is 0 Å². The molecule has 0 spiro atoms. The Balaban J connectivity index is 1.33. The molecule has 4 rings (SSSR count). The van der Waals surface area contributed by atoms with Crippen molar-refractivity contribution < 1.29 is 9.18 Å². The quantitative estimate of drug-likeness (QED) is 0.740. The molecule has 4 nitrogen and oxygen atoms in total. The summed E-state index contributed by atoms with van der Waals surface area (Å²) in [5, 5.41) is 2.99. The summed E-state index contributed by atoms with van der Waals surface area (Å²) < 4.78 is 15.8. The van der Waals surface area contributed by atoms with E-state index in [0.29, 0.717) is 18.5 Å². The molecule has 3 aromatic rings. The average molecular weight is 349 g/mol. The number of imidazole rings is 1. The second-order valence-corrected chi connectivity index (χ2v) is 6.74. The van der Waals surface area contributed by atoms with Gasteiger partial charge in [0.2, 0.25) is 5.91 Å². The van der Waals surface area contributed by atoms with Crippen molar-refractivity contribution in [3.63, 3.8) is 0 Å². The van der Waals surface area contributed by atoms with Crippen LogP contribution in [0.15, 0.2) is 67.3 Å². The van der Waals surface area contributed by atoms with Gasteiger partial charge in [-0.3, -0.25) is 4.79 Å². The minimum atomic E-state index is -0.222. The van der Waals surface area contributed by atoms with Crippen LogP contribution in [0.2, 0.25) is 0 Å². The van der Waals surface area contributed by atoms with Crippen LogP contribution in [0.5, 0.6) is 0 Å². The van der Waals surface area contributed by atoms with Crippen LogP contribution in [-0.4, -0.2) is 15.5 Å². The molecule has 1 fully saturated rings. The molecule has 2 aromatic carbocycles.